The number of aliphatic hydroxyl groups is 1. The quantitative estimate of drug-likeness (QED) is 0.468. The lowest BCUT2D eigenvalue weighted by Crippen LogP contribution is -2.61. The zero-order valence-electron chi connectivity index (χ0n) is 21.8. The minimum atomic E-state index is -0.425. The second-order valence-corrected chi connectivity index (χ2v) is 11.2. The van der Waals surface area contributed by atoms with Gasteiger partial charge < -0.3 is 24.5 Å². The van der Waals surface area contributed by atoms with Crippen LogP contribution in [0.4, 0.5) is 4.39 Å². The van der Waals surface area contributed by atoms with Gasteiger partial charge in [0.1, 0.15) is 11.6 Å². The van der Waals surface area contributed by atoms with Gasteiger partial charge in [-0.25, -0.2) is 4.39 Å². The number of nitrogens with one attached hydrogen (secondary N) is 1. The molecule has 8 nitrogen and oxygen atoms in total. The van der Waals surface area contributed by atoms with E-state index in [4.69, 9.17) is 9.47 Å². The van der Waals surface area contributed by atoms with Crippen molar-refractivity contribution in [3.63, 3.8) is 0 Å². The number of halogens is 1. The van der Waals surface area contributed by atoms with E-state index < -0.39 is 5.82 Å². The summed E-state index contributed by atoms with van der Waals surface area (Å²) < 4.78 is 28.8. The monoisotopic (exact) mass is 522 g/mol. The standard InChI is InChI=1S/C29H35FN4O4/c1-19-2-3-20-14-21(31-17-25(20)38-19)15-33-28-8-10-29(11-9-28,37-18-28)7-6-22-23(30)16-32-24-4-5-26(36)34(12-13-35)27(22)24/h4-5,14,16-17,19,33,35H,2-3,6-13,15,18H2,1H3/t19-,28?,29?/m1/s1. The van der Waals surface area contributed by atoms with Crippen LogP contribution in [0.15, 0.2) is 35.4 Å². The fourth-order valence-electron chi connectivity index (χ4n) is 6.38. The molecule has 2 N–H and O–H groups in total. The molecule has 0 aromatic carbocycles. The highest BCUT2D eigenvalue weighted by Crippen LogP contribution is 2.46. The topological polar surface area (TPSA) is 98.5 Å². The second-order valence-electron chi connectivity index (χ2n) is 11.2. The summed E-state index contributed by atoms with van der Waals surface area (Å²) in [6.07, 6.45) is 10.3. The van der Waals surface area contributed by atoms with Crippen molar-refractivity contribution in [1.29, 1.82) is 0 Å². The molecule has 0 spiro atoms. The second kappa shape index (κ2) is 10.0. The Balaban J connectivity index is 1.12. The molecule has 38 heavy (non-hydrogen) atoms. The van der Waals surface area contributed by atoms with Gasteiger partial charge in [0.15, 0.2) is 0 Å². The lowest BCUT2D eigenvalue weighted by molar-refractivity contribution is -0.165. The minimum Gasteiger partial charge on any atom is -0.489 e. The summed E-state index contributed by atoms with van der Waals surface area (Å²) in [6.45, 7) is 3.30. The SMILES string of the molecule is C[C@@H]1CCc2cc(CNC34CCC(CCc5c(F)cnc6ccc(=O)n(CCO)c56)(CC3)OC4)ncc2O1. The van der Waals surface area contributed by atoms with Gasteiger partial charge in [-0.1, -0.05) is 0 Å². The zero-order chi connectivity index (χ0) is 26.3. The Hall–Kier alpha value is -2.88. The van der Waals surface area contributed by atoms with Gasteiger partial charge in [0.25, 0.3) is 5.56 Å². The van der Waals surface area contributed by atoms with Crippen LogP contribution < -0.4 is 15.6 Å². The first-order valence-corrected chi connectivity index (χ1v) is 13.7. The molecule has 9 heteroatoms. The summed E-state index contributed by atoms with van der Waals surface area (Å²) in [5.41, 5.74) is 3.13. The molecule has 3 aromatic rings. The van der Waals surface area contributed by atoms with Crippen LogP contribution in [0.2, 0.25) is 0 Å². The summed E-state index contributed by atoms with van der Waals surface area (Å²) >= 11 is 0. The Morgan fingerprint density at radius 2 is 2.05 bits per heavy atom. The number of nitrogens with zero attached hydrogens (tertiary/aromatic N) is 3. The van der Waals surface area contributed by atoms with E-state index >= 15 is 4.39 Å². The molecule has 7 rings (SSSR count). The first kappa shape index (κ1) is 25.4. The molecule has 4 aliphatic rings. The predicted molar refractivity (Wildman–Crippen MR) is 141 cm³/mol. The summed E-state index contributed by atoms with van der Waals surface area (Å²) in [5.74, 6) is 0.479. The molecule has 1 atom stereocenters. The van der Waals surface area contributed by atoms with Gasteiger partial charge in [-0.3, -0.25) is 14.8 Å². The predicted octanol–water partition coefficient (Wildman–Crippen LogP) is 3.44. The van der Waals surface area contributed by atoms with Crippen molar-refractivity contribution in [2.75, 3.05) is 13.2 Å². The third-order valence-corrected chi connectivity index (χ3v) is 8.78. The highest BCUT2D eigenvalue weighted by atomic mass is 19.1. The Kier molecular flexibility index (Phi) is 6.70. The van der Waals surface area contributed by atoms with E-state index in [0.717, 1.165) is 50.0 Å². The fraction of sp³-hybridized carbons (Fsp3) is 0.552. The third-order valence-electron chi connectivity index (χ3n) is 8.78. The molecule has 2 bridgehead atoms. The van der Waals surface area contributed by atoms with Crippen molar-refractivity contribution in [2.24, 2.45) is 0 Å². The number of pyridine rings is 3. The van der Waals surface area contributed by atoms with E-state index in [1.807, 2.05) is 6.20 Å². The van der Waals surface area contributed by atoms with Crippen molar-refractivity contribution in [1.82, 2.24) is 19.9 Å². The van der Waals surface area contributed by atoms with Crippen LogP contribution in [0.5, 0.6) is 5.75 Å². The fourth-order valence-corrected chi connectivity index (χ4v) is 6.38. The van der Waals surface area contributed by atoms with E-state index in [9.17, 15) is 9.90 Å². The van der Waals surface area contributed by atoms with Crippen LogP contribution >= 0.6 is 0 Å². The van der Waals surface area contributed by atoms with Crippen molar-refractivity contribution < 1.29 is 19.0 Å². The number of aryl methyl sites for hydroxylation is 2. The van der Waals surface area contributed by atoms with Gasteiger partial charge in [0.2, 0.25) is 0 Å². The number of hydrogen-bond donors (Lipinski definition) is 2. The van der Waals surface area contributed by atoms with Crippen molar-refractivity contribution in [3.8, 4) is 5.75 Å². The van der Waals surface area contributed by atoms with Crippen LogP contribution in [0.25, 0.3) is 11.0 Å². The van der Waals surface area contributed by atoms with Crippen LogP contribution in [-0.2, 0) is 30.7 Å². The zero-order valence-corrected chi connectivity index (χ0v) is 21.8. The summed E-state index contributed by atoms with van der Waals surface area (Å²) in [5, 5.41) is 13.2. The number of aliphatic hydroxyl groups excluding tert-OH is 1. The molecular formula is C29H35FN4O4. The van der Waals surface area contributed by atoms with E-state index in [1.54, 1.807) is 6.07 Å². The van der Waals surface area contributed by atoms with Crippen molar-refractivity contribution >= 4 is 11.0 Å². The lowest BCUT2D eigenvalue weighted by atomic mass is 9.69. The first-order chi connectivity index (χ1) is 18.4. The van der Waals surface area contributed by atoms with Crippen molar-refractivity contribution in [3.05, 3.63) is 63.6 Å². The average molecular weight is 523 g/mol. The largest absolute Gasteiger partial charge is 0.489 e. The molecule has 6 heterocycles. The van der Waals surface area contributed by atoms with E-state index in [1.165, 1.54) is 22.4 Å². The molecular weight excluding hydrogens is 487 g/mol. The molecule has 3 aliphatic heterocycles. The molecule has 2 saturated heterocycles. The number of fused-ring (bicyclic) bond motifs is 5. The van der Waals surface area contributed by atoms with Crippen LogP contribution in [-0.4, -0.2) is 50.1 Å². The maximum absolute atomic E-state index is 15.0. The van der Waals surface area contributed by atoms with Crippen LogP contribution in [0.1, 0.15) is 62.3 Å². The Morgan fingerprint density at radius 3 is 2.82 bits per heavy atom. The van der Waals surface area contributed by atoms with Crippen molar-refractivity contribution in [2.45, 2.75) is 88.6 Å². The number of rotatable bonds is 8. The van der Waals surface area contributed by atoms with E-state index in [2.05, 4.69) is 28.3 Å². The maximum atomic E-state index is 15.0. The highest BCUT2D eigenvalue weighted by Gasteiger charge is 2.49. The normalized spacial score (nSPS) is 26.3. The van der Waals surface area contributed by atoms with Gasteiger partial charge in [-0.2, -0.15) is 0 Å². The number of aromatic nitrogens is 3. The van der Waals surface area contributed by atoms with Crippen LogP contribution in [0.3, 0.4) is 0 Å². The summed E-state index contributed by atoms with van der Waals surface area (Å²) in [7, 11) is 0. The number of hydrogen-bond acceptors (Lipinski definition) is 7. The molecule has 1 aliphatic carbocycles. The van der Waals surface area contributed by atoms with Crippen LogP contribution in [0, 0.1) is 5.82 Å². The van der Waals surface area contributed by atoms with Gasteiger partial charge in [0.05, 0.1) is 54.0 Å². The van der Waals surface area contributed by atoms with E-state index in [-0.39, 0.29) is 36.0 Å². The van der Waals surface area contributed by atoms with E-state index in [0.29, 0.717) is 42.6 Å². The highest BCUT2D eigenvalue weighted by molar-refractivity contribution is 5.78. The van der Waals surface area contributed by atoms with Gasteiger partial charge in [0, 0.05) is 30.3 Å². The minimum absolute atomic E-state index is 0.0689. The maximum Gasteiger partial charge on any atom is 0.251 e. The molecule has 1 saturated carbocycles. The Morgan fingerprint density at radius 1 is 1.21 bits per heavy atom. The van der Waals surface area contributed by atoms with Gasteiger partial charge >= 0.3 is 0 Å². The third kappa shape index (κ3) is 4.72. The smallest absolute Gasteiger partial charge is 0.251 e. The summed E-state index contributed by atoms with van der Waals surface area (Å²) in [4.78, 5) is 21.3. The molecule has 3 fully saturated rings. The Labute approximate surface area is 221 Å². The first-order valence-electron chi connectivity index (χ1n) is 13.7. The molecule has 0 radical (unpaired) electrons. The Bertz CT molecular complexity index is 1380. The molecule has 0 amide bonds. The average Bonchev–Trinajstić information content (AvgIpc) is 2.94. The molecule has 3 aromatic heterocycles. The molecule has 202 valence electrons. The molecule has 0 unspecified atom stereocenters. The van der Waals surface area contributed by atoms with Gasteiger partial charge in [-0.15, -0.1) is 0 Å². The van der Waals surface area contributed by atoms with Gasteiger partial charge in [-0.05, 0) is 76.0 Å². The lowest BCUT2D eigenvalue weighted by Gasteiger charge is -2.53. The number of ether oxygens (including phenoxy) is 2. The summed E-state index contributed by atoms with van der Waals surface area (Å²) in [6, 6.07) is 5.19.